The van der Waals surface area contributed by atoms with Crippen molar-refractivity contribution in [3.8, 4) is 11.4 Å². The molecule has 0 aliphatic heterocycles. The number of rotatable bonds is 4. The minimum absolute atomic E-state index is 0.768. The average Bonchev–Trinajstić information content (AvgIpc) is 3.06. The first kappa shape index (κ1) is 11.6. The van der Waals surface area contributed by atoms with Gasteiger partial charge < -0.3 is 4.57 Å². The van der Waals surface area contributed by atoms with Crippen molar-refractivity contribution in [2.45, 2.75) is 20.0 Å². The van der Waals surface area contributed by atoms with Crippen LogP contribution in [-0.2, 0) is 13.1 Å². The Bertz CT molecular complexity index is 655. The summed E-state index contributed by atoms with van der Waals surface area (Å²) in [4.78, 5) is 8.50. The highest BCUT2D eigenvalue weighted by atomic mass is 15.4. The van der Waals surface area contributed by atoms with Crippen LogP contribution < -0.4 is 0 Å². The number of aryl methyl sites for hydroxylation is 3. The lowest BCUT2D eigenvalue weighted by Gasteiger charge is -2.07. The van der Waals surface area contributed by atoms with Crippen LogP contribution in [0.5, 0.6) is 0 Å². The molecular weight excluding hydrogens is 240 g/mol. The van der Waals surface area contributed by atoms with Crippen molar-refractivity contribution < 1.29 is 0 Å². The maximum atomic E-state index is 4.38. The number of imidazole rings is 1. The molecule has 0 bridgehead atoms. The molecule has 0 aliphatic rings. The number of aromatic nitrogens is 6. The molecule has 0 radical (unpaired) electrons. The van der Waals surface area contributed by atoms with Crippen LogP contribution in [0.15, 0.2) is 43.1 Å². The van der Waals surface area contributed by atoms with Gasteiger partial charge in [0.25, 0.3) is 0 Å². The van der Waals surface area contributed by atoms with Crippen molar-refractivity contribution in [1.29, 1.82) is 0 Å². The van der Waals surface area contributed by atoms with E-state index in [1.807, 2.05) is 42.3 Å². The second-order valence-corrected chi connectivity index (χ2v) is 4.31. The van der Waals surface area contributed by atoms with Gasteiger partial charge in [-0.15, -0.1) is 5.10 Å². The van der Waals surface area contributed by atoms with Gasteiger partial charge in [0.2, 0.25) is 0 Å². The van der Waals surface area contributed by atoms with Crippen molar-refractivity contribution in [1.82, 2.24) is 29.5 Å². The Morgan fingerprint density at radius 2 is 2.16 bits per heavy atom. The summed E-state index contributed by atoms with van der Waals surface area (Å²) in [5.41, 5.74) is 1.94. The third kappa shape index (κ3) is 2.52. The average molecular weight is 254 g/mol. The second kappa shape index (κ2) is 5.01. The third-order valence-corrected chi connectivity index (χ3v) is 2.86. The fourth-order valence-corrected chi connectivity index (χ4v) is 1.96. The zero-order valence-corrected chi connectivity index (χ0v) is 10.6. The highest BCUT2D eigenvalue weighted by Gasteiger charge is 2.06. The maximum absolute atomic E-state index is 4.38. The molecule has 0 aliphatic carbocycles. The zero-order chi connectivity index (χ0) is 13.1. The van der Waals surface area contributed by atoms with Gasteiger partial charge in [-0.2, -0.15) is 0 Å². The molecule has 0 N–H and O–H groups in total. The van der Waals surface area contributed by atoms with E-state index in [9.17, 15) is 0 Å². The molecule has 3 aromatic rings. The Morgan fingerprint density at radius 1 is 1.21 bits per heavy atom. The van der Waals surface area contributed by atoms with Gasteiger partial charge in [-0.25, -0.2) is 4.98 Å². The van der Waals surface area contributed by atoms with Crippen molar-refractivity contribution in [3.05, 3.63) is 48.8 Å². The first-order chi connectivity index (χ1) is 9.33. The minimum atomic E-state index is 0.768. The highest BCUT2D eigenvalue weighted by Crippen LogP contribution is 2.15. The molecule has 0 unspecified atom stereocenters. The van der Waals surface area contributed by atoms with E-state index in [0.29, 0.717) is 0 Å². The fraction of sp³-hybridized carbons (Fsp3) is 0.231. The molecule has 6 heteroatoms. The summed E-state index contributed by atoms with van der Waals surface area (Å²) in [6, 6.07) is 3.92. The summed E-state index contributed by atoms with van der Waals surface area (Å²) in [6.45, 7) is 3.50. The molecule has 3 rings (SSSR count). The minimum Gasteiger partial charge on any atom is -0.329 e. The van der Waals surface area contributed by atoms with Crippen LogP contribution in [0.25, 0.3) is 11.4 Å². The van der Waals surface area contributed by atoms with E-state index in [-0.39, 0.29) is 0 Å². The second-order valence-electron chi connectivity index (χ2n) is 4.31. The molecule has 0 aromatic carbocycles. The summed E-state index contributed by atoms with van der Waals surface area (Å²) >= 11 is 0. The fourth-order valence-electron chi connectivity index (χ4n) is 1.96. The topological polar surface area (TPSA) is 61.4 Å². The molecule has 96 valence electrons. The van der Waals surface area contributed by atoms with E-state index >= 15 is 0 Å². The molecule has 3 heterocycles. The van der Waals surface area contributed by atoms with Crippen LogP contribution in [0, 0.1) is 6.92 Å². The van der Waals surface area contributed by atoms with Gasteiger partial charge in [0.15, 0.2) is 0 Å². The van der Waals surface area contributed by atoms with Gasteiger partial charge in [-0.3, -0.25) is 9.67 Å². The first-order valence-electron chi connectivity index (χ1n) is 6.11. The summed E-state index contributed by atoms with van der Waals surface area (Å²) in [5.74, 6) is 0.921. The van der Waals surface area contributed by atoms with E-state index in [2.05, 4.69) is 24.8 Å². The molecule has 0 atom stereocenters. The number of hydrogen-bond acceptors (Lipinski definition) is 4. The standard InChI is InChI=1S/C13H14N6/c1-11-10-19(17-16-11)8-7-18-6-5-15-13(18)12-3-2-4-14-9-12/h2-6,9-10H,7-8H2,1H3. The van der Waals surface area contributed by atoms with Crippen molar-refractivity contribution in [2.24, 2.45) is 0 Å². The number of pyridine rings is 1. The SMILES string of the molecule is Cc1cn(CCn2ccnc2-c2cccnc2)nn1. The number of hydrogen-bond donors (Lipinski definition) is 0. The third-order valence-electron chi connectivity index (χ3n) is 2.86. The lowest BCUT2D eigenvalue weighted by Crippen LogP contribution is -2.08. The lowest BCUT2D eigenvalue weighted by atomic mass is 10.3. The predicted octanol–water partition coefficient (Wildman–Crippen LogP) is 1.55. The molecule has 6 nitrogen and oxygen atoms in total. The lowest BCUT2D eigenvalue weighted by molar-refractivity contribution is 0.521. The van der Waals surface area contributed by atoms with Gasteiger partial charge in [0.05, 0.1) is 12.2 Å². The summed E-state index contributed by atoms with van der Waals surface area (Å²) < 4.78 is 3.93. The Labute approximate surface area is 110 Å². The van der Waals surface area contributed by atoms with Gasteiger partial charge in [-0.05, 0) is 19.1 Å². The van der Waals surface area contributed by atoms with Gasteiger partial charge in [-0.1, -0.05) is 5.21 Å². The van der Waals surface area contributed by atoms with Crippen molar-refractivity contribution in [2.75, 3.05) is 0 Å². The van der Waals surface area contributed by atoms with Crippen LogP contribution in [0.3, 0.4) is 0 Å². The van der Waals surface area contributed by atoms with Gasteiger partial charge in [0, 0.05) is 43.1 Å². The summed E-state index contributed by atoms with van der Waals surface area (Å²) in [5, 5.41) is 8.01. The van der Waals surface area contributed by atoms with E-state index in [1.54, 1.807) is 12.4 Å². The summed E-state index contributed by atoms with van der Waals surface area (Å²) in [6.07, 6.45) is 9.27. The van der Waals surface area contributed by atoms with Crippen LogP contribution in [0.2, 0.25) is 0 Å². The van der Waals surface area contributed by atoms with Crippen molar-refractivity contribution in [3.63, 3.8) is 0 Å². The molecular formula is C13H14N6. The quantitative estimate of drug-likeness (QED) is 0.708. The zero-order valence-electron chi connectivity index (χ0n) is 10.6. The Kier molecular flexibility index (Phi) is 3.06. The molecule has 0 amide bonds. The molecule has 0 saturated heterocycles. The van der Waals surface area contributed by atoms with Crippen LogP contribution in [0.1, 0.15) is 5.69 Å². The van der Waals surface area contributed by atoms with E-state index in [1.165, 1.54) is 0 Å². The molecule has 0 fully saturated rings. The predicted molar refractivity (Wildman–Crippen MR) is 70.2 cm³/mol. The van der Waals surface area contributed by atoms with Crippen LogP contribution in [-0.4, -0.2) is 29.5 Å². The normalized spacial score (nSPS) is 10.8. The highest BCUT2D eigenvalue weighted by molar-refractivity contribution is 5.53. The van der Waals surface area contributed by atoms with Gasteiger partial charge >= 0.3 is 0 Å². The Morgan fingerprint density at radius 3 is 2.89 bits per heavy atom. The van der Waals surface area contributed by atoms with Crippen LogP contribution in [0.4, 0.5) is 0 Å². The van der Waals surface area contributed by atoms with E-state index < -0.39 is 0 Å². The number of nitrogens with zero attached hydrogens (tertiary/aromatic N) is 6. The van der Waals surface area contributed by atoms with Gasteiger partial charge in [0.1, 0.15) is 5.82 Å². The largest absolute Gasteiger partial charge is 0.329 e. The molecule has 3 aromatic heterocycles. The van der Waals surface area contributed by atoms with Crippen LogP contribution >= 0.6 is 0 Å². The first-order valence-corrected chi connectivity index (χ1v) is 6.11. The summed E-state index contributed by atoms with van der Waals surface area (Å²) in [7, 11) is 0. The smallest absolute Gasteiger partial charge is 0.141 e. The van der Waals surface area contributed by atoms with E-state index in [4.69, 9.17) is 0 Å². The Hall–Kier alpha value is -2.50. The molecule has 19 heavy (non-hydrogen) atoms. The maximum Gasteiger partial charge on any atom is 0.141 e. The monoisotopic (exact) mass is 254 g/mol. The Balaban J connectivity index is 1.77. The van der Waals surface area contributed by atoms with Crippen molar-refractivity contribution >= 4 is 0 Å². The molecule has 0 saturated carbocycles. The molecule has 0 spiro atoms. The van der Waals surface area contributed by atoms with E-state index in [0.717, 1.165) is 30.2 Å².